The summed E-state index contributed by atoms with van der Waals surface area (Å²) in [6.45, 7) is 5.53. The molecule has 9 heteroatoms. The molecule has 3 rings (SSSR count). The molecule has 0 saturated carbocycles. The van der Waals surface area contributed by atoms with Crippen molar-refractivity contribution in [2.24, 2.45) is 4.99 Å². The second kappa shape index (κ2) is 12.8. The number of carbonyl (C=O) groups excluding carboxylic acids is 3. The minimum absolute atomic E-state index is 0.00302. The minimum Gasteiger partial charge on any atom is -0.444 e. The third-order valence-electron chi connectivity index (χ3n) is 5.54. The van der Waals surface area contributed by atoms with Crippen LogP contribution in [0.5, 0.6) is 0 Å². The van der Waals surface area contributed by atoms with Crippen LogP contribution in [0.1, 0.15) is 52.6 Å². The molecule has 204 valence electrons. The van der Waals surface area contributed by atoms with Crippen LogP contribution in [0.2, 0.25) is 0 Å². The smallest absolute Gasteiger partial charge is 0.414 e. The highest BCUT2D eigenvalue weighted by Gasteiger charge is 2.25. The number of nitrogens with one attached hydrogen (secondary N) is 1. The number of benzene rings is 3. The van der Waals surface area contributed by atoms with Gasteiger partial charge in [-0.2, -0.15) is 0 Å². The molecule has 8 nitrogen and oxygen atoms in total. The van der Waals surface area contributed by atoms with Crippen LogP contribution >= 0.6 is 0 Å². The van der Waals surface area contributed by atoms with E-state index >= 15 is 0 Å². The van der Waals surface area contributed by atoms with Gasteiger partial charge in [0, 0.05) is 31.8 Å². The Kier molecular flexibility index (Phi) is 9.54. The van der Waals surface area contributed by atoms with E-state index in [1.807, 2.05) is 0 Å². The standard InChI is InChI=1S/C30H33FN4O4/c1-30(2,3)39-29(38)33-28(32-4)35(27(37)23-11-7-6-8-12-23)20-22-10-9-13-24(18-22)26(36)34(5)19-21-14-16-25(31)17-15-21/h6-18H,19-20H2,1-5H3,(H,32,33,38). The zero-order valence-electron chi connectivity index (χ0n) is 22.8. The topological polar surface area (TPSA) is 91.3 Å². The number of hydrogen-bond acceptors (Lipinski definition) is 5. The molecule has 0 aliphatic heterocycles. The molecule has 0 fully saturated rings. The van der Waals surface area contributed by atoms with Crippen molar-refractivity contribution >= 4 is 23.9 Å². The number of rotatable bonds is 6. The number of nitrogens with zero attached hydrogens (tertiary/aromatic N) is 3. The molecule has 0 aliphatic rings. The molecule has 0 unspecified atom stereocenters. The Morgan fingerprint density at radius 2 is 1.49 bits per heavy atom. The number of alkyl carbamates (subject to hydrolysis) is 1. The van der Waals surface area contributed by atoms with E-state index in [2.05, 4.69) is 10.3 Å². The molecular formula is C30H33FN4O4. The molecule has 0 radical (unpaired) electrons. The third-order valence-corrected chi connectivity index (χ3v) is 5.54. The zero-order chi connectivity index (χ0) is 28.6. The second-order valence-electron chi connectivity index (χ2n) is 9.92. The fourth-order valence-electron chi connectivity index (χ4n) is 3.76. The lowest BCUT2D eigenvalue weighted by atomic mass is 10.1. The van der Waals surface area contributed by atoms with E-state index in [0.717, 1.165) is 5.56 Å². The van der Waals surface area contributed by atoms with Crippen molar-refractivity contribution in [1.29, 1.82) is 0 Å². The molecule has 3 amide bonds. The summed E-state index contributed by atoms with van der Waals surface area (Å²) in [6.07, 6.45) is -0.750. The Bertz CT molecular complexity index is 1340. The van der Waals surface area contributed by atoms with Crippen molar-refractivity contribution in [3.63, 3.8) is 0 Å². The van der Waals surface area contributed by atoms with E-state index in [1.54, 1.807) is 94.5 Å². The number of halogens is 1. The van der Waals surface area contributed by atoms with E-state index in [0.29, 0.717) is 23.2 Å². The largest absolute Gasteiger partial charge is 0.444 e. The first-order valence-corrected chi connectivity index (χ1v) is 12.4. The predicted molar refractivity (Wildman–Crippen MR) is 148 cm³/mol. The Balaban J connectivity index is 1.85. The first-order valence-electron chi connectivity index (χ1n) is 12.4. The molecular weight excluding hydrogens is 499 g/mol. The highest BCUT2D eigenvalue weighted by Crippen LogP contribution is 2.16. The molecule has 0 saturated heterocycles. The molecule has 3 aromatic carbocycles. The van der Waals surface area contributed by atoms with Gasteiger partial charge in [-0.05, 0) is 68.3 Å². The van der Waals surface area contributed by atoms with Crippen molar-refractivity contribution in [3.05, 3.63) is 107 Å². The molecule has 3 aromatic rings. The lowest BCUT2D eigenvalue weighted by Gasteiger charge is -2.26. The summed E-state index contributed by atoms with van der Waals surface area (Å²) < 4.78 is 18.6. The van der Waals surface area contributed by atoms with Crippen LogP contribution < -0.4 is 5.32 Å². The van der Waals surface area contributed by atoms with Crippen LogP contribution in [0.25, 0.3) is 0 Å². The quantitative estimate of drug-likeness (QED) is 0.347. The third kappa shape index (κ3) is 8.49. The van der Waals surface area contributed by atoms with Gasteiger partial charge in [0.25, 0.3) is 11.8 Å². The van der Waals surface area contributed by atoms with Crippen LogP contribution in [0.3, 0.4) is 0 Å². The van der Waals surface area contributed by atoms with Gasteiger partial charge in [0.2, 0.25) is 5.96 Å². The van der Waals surface area contributed by atoms with E-state index < -0.39 is 17.6 Å². The number of carbonyl (C=O) groups is 3. The van der Waals surface area contributed by atoms with E-state index in [9.17, 15) is 18.8 Å². The number of guanidine groups is 1. The van der Waals surface area contributed by atoms with Crippen LogP contribution in [-0.4, -0.2) is 53.4 Å². The summed E-state index contributed by atoms with van der Waals surface area (Å²) in [5.41, 5.74) is 1.51. The summed E-state index contributed by atoms with van der Waals surface area (Å²) in [5, 5.41) is 2.57. The van der Waals surface area contributed by atoms with Gasteiger partial charge in [-0.25, -0.2) is 9.18 Å². The van der Waals surface area contributed by atoms with Gasteiger partial charge in [0.1, 0.15) is 11.4 Å². The summed E-state index contributed by atoms with van der Waals surface area (Å²) in [5.74, 6) is -0.967. The molecule has 0 atom stereocenters. The average Bonchev–Trinajstić information content (AvgIpc) is 2.90. The van der Waals surface area contributed by atoms with Gasteiger partial charge < -0.3 is 9.64 Å². The van der Waals surface area contributed by atoms with Gasteiger partial charge in [-0.1, -0.05) is 42.5 Å². The number of hydrogen-bond donors (Lipinski definition) is 1. The zero-order valence-corrected chi connectivity index (χ0v) is 22.8. The van der Waals surface area contributed by atoms with Crippen LogP contribution in [0.15, 0.2) is 83.9 Å². The predicted octanol–water partition coefficient (Wildman–Crippen LogP) is 5.25. The van der Waals surface area contributed by atoms with Gasteiger partial charge >= 0.3 is 6.09 Å². The van der Waals surface area contributed by atoms with Crippen molar-refractivity contribution in [3.8, 4) is 0 Å². The van der Waals surface area contributed by atoms with E-state index in [1.165, 1.54) is 29.0 Å². The maximum absolute atomic E-state index is 13.5. The normalized spacial score (nSPS) is 11.5. The second-order valence-corrected chi connectivity index (χ2v) is 9.92. The Labute approximate surface area is 228 Å². The fraction of sp³-hybridized carbons (Fsp3) is 0.267. The van der Waals surface area contributed by atoms with Crippen molar-refractivity contribution in [2.75, 3.05) is 14.1 Å². The molecule has 0 bridgehead atoms. The summed E-state index contributed by atoms with van der Waals surface area (Å²) in [7, 11) is 3.12. The van der Waals surface area contributed by atoms with Gasteiger partial charge in [-0.3, -0.25) is 24.8 Å². The monoisotopic (exact) mass is 532 g/mol. The van der Waals surface area contributed by atoms with Gasteiger partial charge in [0.15, 0.2) is 0 Å². The number of aliphatic imine (C=N–C) groups is 1. The highest BCUT2D eigenvalue weighted by molar-refractivity contribution is 6.08. The minimum atomic E-state index is -0.750. The first kappa shape index (κ1) is 29.0. The number of ether oxygens (including phenoxy) is 1. The number of amides is 3. The van der Waals surface area contributed by atoms with Crippen molar-refractivity contribution in [2.45, 2.75) is 39.5 Å². The van der Waals surface area contributed by atoms with Gasteiger partial charge in [0.05, 0.1) is 6.54 Å². The van der Waals surface area contributed by atoms with Gasteiger partial charge in [-0.15, -0.1) is 0 Å². The van der Waals surface area contributed by atoms with Crippen LogP contribution in [0, 0.1) is 5.82 Å². The summed E-state index contributed by atoms with van der Waals surface area (Å²) in [4.78, 5) is 46.2. The fourth-order valence-corrected chi connectivity index (χ4v) is 3.76. The maximum Gasteiger partial charge on any atom is 0.414 e. The average molecular weight is 533 g/mol. The molecule has 0 spiro atoms. The van der Waals surface area contributed by atoms with Crippen LogP contribution in [0.4, 0.5) is 9.18 Å². The molecule has 0 aliphatic carbocycles. The molecule has 39 heavy (non-hydrogen) atoms. The van der Waals surface area contributed by atoms with Crippen LogP contribution in [-0.2, 0) is 17.8 Å². The van der Waals surface area contributed by atoms with Crippen molar-refractivity contribution < 1.29 is 23.5 Å². The highest BCUT2D eigenvalue weighted by atomic mass is 19.1. The van der Waals surface area contributed by atoms with Crippen molar-refractivity contribution in [1.82, 2.24) is 15.1 Å². The van der Waals surface area contributed by atoms with E-state index in [-0.39, 0.29) is 24.2 Å². The Morgan fingerprint density at radius 1 is 0.846 bits per heavy atom. The first-order chi connectivity index (χ1) is 18.5. The SMILES string of the molecule is CN=C(NC(=O)OC(C)(C)C)N(Cc1cccc(C(=O)N(C)Cc2ccc(F)cc2)c1)C(=O)c1ccccc1. The molecule has 0 heterocycles. The molecule has 1 N–H and O–H groups in total. The maximum atomic E-state index is 13.5. The Morgan fingerprint density at radius 3 is 2.10 bits per heavy atom. The lowest BCUT2D eigenvalue weighted by molar-refractivity contribution is 0.0554. The van der Waals surface area contributed by atoms with E-state index in [4.69, 9.17) is 4.74 Å². The lowest BCUT2D eigenvalue weighted by Crippen LogP contribution is -2.48. The summed E-state index contributed by atoms with van der Waals surface area (Å²) >= 11 is 0. The summed E-state index contributed by atoms with van der Waals surface area (Å²) in [6, 6.07) is 21.5. The molecule has 0 aromatic heterocycles. The Hall–Kier alpha value is -4.53.